The maximum atomic E-state index is 12.2. The highest BCUT2D eigenvalue weighted by atomic mass is 16.5. The molecule has 6 heteroatoms. The topological polar surface area (TPSA) is 73.3 Å². The van der Waals surface area contributed by atoms with E-state index in [1.54, 1.807) is 0 Å². The van der Waals surface area contributed by atoms with E-state index < -0.39 is 0 Å². The first-order chi connectivity index (χ1) is 13.0. The largest absolute Gasteiger partial charge is 0.484 e. The van der Waals surface area contributed by atoms with Crippen LogP contribution in [0.2, 0.25) is 0 Å². The fourth-order valence-electron chi connectivity index (χ4n) is 3.35. The molecule has 1 fully saturated rings. The van der Waals surface area contributed by atoms with Crippen LogP contribution in [0.25, 0.3) is 0 Å². The zero-order chi connectivity index (χ0) is 19.2. The van der Waals surface area contributed by atoms with Crippen molar-refractivity contribution in [2.24, 2.45) is 0 Å². The number of aryl methyl sites for hydroxylation is 3. The third-order valence-electron chi connectivity index (χ3n) is 4.73. The van der Waals surface area contributed by atoms with Gasteiger partial charge in [-0.15, -0.1) is 0 Å². The number of benzene rings is 1. The number of ether oxygens (including phenoxy) is 2. The Morgan fingerprint density at radius 2 is 1.74 bits per heavy atom. The van der Waals surface area contributed by atoms with Crippen LogP contribution >= 0.6 is 0 Å². The van der Waals surface area contributed by atoms with Crippen molar-refractivity contribution in [1.29, 1.82) is 0 Å². The van der Waals surface area contributed by atoms with E-state index in [0.29, 0.717) is 6.01 Å². The highest BCUT2D eigenvalue weighted by Gasteiger charge is 2.24. The SMILES string of the molecule is Cc1cc(C)nc(OC2CCC(NC(=O)COc3ccccc3C)CC2)n1. The minimum atomic E-state index is -0.0831. The molecular formula is C21H27N3O3. The van der Waals surface area contributed by atoms with Crippen molar-refractivity contribution >= 4 is 5.91 Å². The number of hydrogen-bond donors (Lipinski definition) is 1. The smallest absolute Gasteiger partial charge is 0.317 e. The molecule has 27 heavy (non-hydrogen) atoms. The molecule has 0 aliphatic heterocycles. The van der Waals surface area contributed by atoms with E-state index in [1.165, 1.54) is 0 Å². The highest BCUT2D eigenvalue weighted by molar-refractivity contribution is 5.77. The molecule has 3 rings (SSSR count). The summed E-state index contributed by atoms with van der Waals surface area (Å²) in [7, 11) is 0. The molecule has 1 amide bonds. The van der Waals surface area contributed by atoms with Gasteiger partial charge in [-0.3, -0.25) is 4.79 Å². The number of aromatic nitrogens is 2. The minimum absolute atomic E-state index is 0.0394. The molecule has 0 spiro atoms. The first-order valence-electron chi connectivity index (χ1n) is 9.46. The summed E-state index contributed by atoms with van der Waals surface area (Å²) in [5.41, 5.74) is 2.84. The van der Waals surface area contributed by atoms with Gasteiger partial charge in [-0.05, 0) is 64.2 Å². The summed E-state index contributed by atoms with van der Waals surface area (Å²) >= 11 is 0. The average molecular weight is 369 g/mol. The number of rotatable bonds is 6. The zero-order valence-electron chi connectivity index (χ0n) is 16.2. The number of nitrogens with zero attached hydrogens (tertiary/aromatic N) is 2. The predicted molar refractivity (Wildman–Crippen MR) is 103 cm³/mol. The second-order valence-corrected chi connectivity index (χ2v) is 7.15. The van der Waals surface area contributed by atoms with E-state index in [-0.39, 0.29) is 24.7 Å². The van der Waals surface area contributed by atoms with Gasteiger partial charge in [0, 0.05) is 17.4 Å². The van der Waals surface area contributed by atoms with Crippen LogP contribution in [0.4, 0.5) is 0 Å². The van der Waals surface area contributed by atoms with Crippen molar-refractivity contribution in [3.63, 3.8) is 0 Å². The van der Waals surface area contributed by atoms with Crippen LogP contribution in [0.15, 0.2) is 30.3 Å². The van der Waals surface area contributed by atoms with Crippen LogP contribution in [0.1, 0.15) is 42.6 Å². The average Bonchev–Trinajstić information content (AvgIpc) is 2.62. The van der Waals surface area contributed by atoms with Gasteiger partial charge < -0.3 is 14.8 Å². The van der Waals surface area contributed by atoms with Crippen LogP contribution in [-0.2, 0) is 4.79 Å². The molecule has 2 aromatic rings. The number of para-hydroxylation sites is 1. The minimum Gasteiger partial charge on any atom is -0.484 e. The van der Waals surface area contributed by atoms with E-state index in [4.69, 9.17) is 9.47 Å². The lowest BCUT2D eigenvalue weighted by atomic mass is 9.93. The fourth-order valence-corrected chi connectivity index (χ4v) is 3.35. The van der Waals surface area contributed by atoms with Gasteiger partial charge in [0.25, 0.3) is 5.91 Å². The number of amides is 1. The van der Waals surface area contributed by atoms with Crippen molar-refractivity contribution in [1.82, 2.24) is 15.3 Å². The van der Waals surface area contributed by atoms with Crippen molar-refractivity contribution in [2.45, 2.75) is 58.6 Å². The Morgan fingerprint density at radius 3 is 2.41 bits per heavy atom. The molecule has 144 valence electrons. The normalized spacial score (nSPS) is 19.4. The Labute approximate surface area is 160 Å². The van der Waals surface area contributed by atoms with Crippen LogP contribution in [0, 0.1) is 20.8 Å². The molecule has 1 aromatic heterocycles. The quantitative estimate of drug-likeness (QED) is 0.846. The molecule has 1 saturated carbocycles. The molecular weight excluding hydrogens is 342 g/mol. The lowest BCUT2D eigenvalue weighted by Gasteiger charge is -2.29. The molecule has 0 radical (unpaired) electrons. The third-order valence-corrected chi connectivity index (χ3v) is 4.73. The first-order valence-corrected chi connectivity index (χ1v) is 9.46. The summed E-state index contributed by atoms with van der Waals surface area (Å²) in [6.45, 7) is 5.88. The Kier molecular flexibility index (Phi) is 6.27. The van der Waals surface area contributed by atoms with E-state index in [1.807, 2.05) is 51.1 Å². The molecule has 1 heterocycles. The van der Waals surface area contributed by atoms with Gasteiger partial charge in [0.05, 0.1) is 0 Å². The van der Waals surface area contributed by atoms with Crippen LogP contribution < -0.4 is 14.8 Å². The number of carbonyl (C=O) groups excluding carboxylic acids is 1. The maximum absolute atomic E-state index is 12.2. The van der Waals surface area contributed by atoms with E-state index in [9.17, 15) is 4.79 Å². The summed E-state index contributed by atoms with van der Waals surface area (Å²) in [4.78, 5) is 20.8. The van der Waals surface area contributed by atoms with Crippen molar-refractivity contribution < 1.29 is 14.3 Å². The summed E-state index contributed by atoms with van der Waals surface area (Å²) in [6.07, 6.45) is 3.61. The van der Waals surface area contributed by atoms with Gasteiger partial charge in [-0.1, -0.05) is 18.2 Å². The third kappa shape index (κ3) is 5.67. The van der Waals surface area contributed by atoms with Crippen LogP contribution in [-0.4, -0.2) is 34.6 Å². The predicted octanol–water partition coefficient (Wildman–Crippen LogP) is 3.29. The van der Waals surface area contributed by atoms with Crippen LogP contribution in [0.5, 0.6) is 11.8 Å². The monoisotopic (exact) mass is 369 g/mol. The van der Waals surface area contributed by atoms with Gasteiger partial charge >= 0.3 is 6.01 Å². The summed E-state index contributed by atoms with van der Waals surface area (Å²) in [5, 5.41) is 3.06. The van der Waals surface area contributed by atoms with Crippen molar-refractivity contribution in [3.05, 3.63) is 47.3 Å². The summed E-state index contributed by atoms with van der Waals surface area (Å²) in [6, 6.07) is 10.2. The number of hydrogen-bond acceptors (Lipinski definition) is 5. The van der Waals surface area contributed by atoms with Gasteiger partial charge in [0.2, 0.25) is 0 Å². The van der Waals surface area contributed by atoms with E-state index in [0.717, 1.165) is 48.4 Å². The zero-order valence-corrected chi connectivity index (χ0v) is 16.2. The Balaban J connectivity index is 1.41. The second-order valence-electron chi connectivity index (χ2n) is 7.15. The molecule has 0 saturated heterocycles. The lowest BCUT2D eigenvalue weighted by molar-refractivity contribution is -0.124. The van der Waals surface area contributed by atoms with E-state index >= 15 is 0 Å². The Bertz CT molecular complexity index is 766. The van der Waals surface area contributed by atoms with Crippen molar-refractivity contribution in [3.8, 4) is 11.8 Å². The summed E-state index contributed by atoms with van der Waals surface area (Å²) in [5.74, 6) is 0.665. The van der Waals surface area contributed by atoms with E-state index in [2.05, 4.69) is 15.3 Å². The van der Waals surface area contributed by atoms with Crippen molar-refractivity contribution in [2.75, 3.05) is 6.61 Å². The first kappa shape index (κ1) is 19.1. The maximum Gasteiger partial charge on any atom is 0.317 e. The molecule has 0 unspecified atom stereocenters. The molecule has 1 aromatic carbocycles. The molecule has 1 aliphatic rings. The van der Waals surface area contributed by atoms with Crippen LogP contribution in [0.3, 0.4) is 0 Å². The van der Waals surface area contributed by atoms with Gasteiger partial charge in [-0.25, -0.2) is 9.97 Å². The van der Waals surface area contributed by atoms with Gasteiger partial charge in [0.1, 0.15) is 11.9 Å². The lowest BCUT2D eigenvalue weighted by Crippen LogP contribution is -2.41. The fraction of sp³-hybridized carbons (Fsp3) is 0.476. The Hall–Kier alpha value is -2.63. The second kappa shape index (κ2) is 8.84. The van der Waals surface area contributed by atoms with Gasteiger partial charge in [-0.2, -0.15) is 0 Å². The standard InChI is InChI=1S/C21H27N3O3/c1-14-6-4-5-7-19(14)26-13-20(25)24-17-8-10-18(11-9-17)27-21-22-15(2)12-16(3)23-21/h4-7,12,17-18H,8-11,13H2,1-3H3,(H,24,25). The molecule has 0 atom stereocenters. The molecule has 0 bridgehead atoms. The highest BCUT2D eigenvalue weighted by Crippen LogP contribution is 2.23. The Morgan fingerprint density at radius 1 is 1.07 bits per heavy atom. The number of carbonyl (C=O) groups is 1. The molecule has 1 N–H and O–H groups in total. The van der Waals surface area contributed by atoms with Gasteiger partial charge in [0.15, 0.2) is 6.61 Å². The molecule has 1 aliphatic carbocycles. The molecule has 6 nitrogen and oxygen atoms in total. The summed E-state index contributed by atoms with van der Waals surface area (Å²) < 4.78 is 11.5. The number of nitrogens with one attached hydrogen (secondary N) is 1.